The molecular formula is C8H13NO4S. The van der Waals surface area contributed by atoms with Gasteiger partial charge in [0.05, 0.1) is 0 Å². The number of carbonyl (C=O) groups excluding carboxylic acids is 1. The lowest BCUT2D eigenvalue weighted by Crippen LogP contribution is -2.27. The summed E-state index contributed by atoms with van der Waals surface area (Å²) in [6.45, 7) is 0.207. The molecule has 0 radical (unpaired) electrons. The van der Waals surface area contributed by atoms with Crippen molar-refractivity contribution in [3.63, 3.8) is 0 Å². The first-order valence-corrected chi connectivity index (χ1v) is 5.98. The van der Waals surface area contributed by atoms with Crippen molar-refractivity contribution in [2.24, 2.45) is 0 Å². The van der Waals surface area contributed by atoms with Gasteiger partial charge in [0, 0.05) is 18.5 Å². The average Bonchev–Trinajstić information content (AvgIpc) is 2.06. The molecule has 0 saturated heterocycles. The van der Waals surface area contributed by atoms with Gasteiger partial charge in [-0.15, -0.1) is 0 Å². The van der Waals surface area contributed by atoms with Crippen molar-refractivity contribution in [1.82, 2.24) is 5.32 Å². The molecule has 80 valence electrons. The fourth-order valence-electron chi connectivity index (χ4n) is 1.30. The summed E-state index contributed by atoms with van der Waals surface area (Å²) in [6, 6.07) is 0. The summed E-state index contributed by atoms with van der Waals surface area (Å²) in [5, 5.41) is 2.50. The highest BCUT2D eigenvalue weighted by molar-refractivity contribution is 7.85. The normalized spacial score (nSPS) is 18.1. The second kappa shape index (κ2) is 4.68. The number of carbonyl (C=O) groups is 1. The number of allylic oxidation sites excluding steroid dienone is 1. The van der Waals surface area contributed by atoms with E-state index in [9.17, 15) is 13.2 Å². The van der Waals surface area contributed by atoms with Gasteiger partial charge in [-0.2, -0.15) is 8.42 Å². The number of Topliss-reactive ketones (excluding diaryl/α,β-unsaturated/α-hetero) is 1. The highest BCUT2D eigenvalue weighted by atomic mass is 32.2. The van der Waals surface area contributed by atoms with E-state index in [1.807, 2.05) is 6.08 Å². The van der Waals surface area contributed by atoms with Gasteiger partial charge in [0.25, 0.3) is 10.1 Å². The molecule has 0 aromatic carbocycles. The zero-order valence-corrected chi connectivity index (χ0v) is 8.51. The Labute approximate surface area is 82.9 Å². The van der Waals surface area contributed by atoms with E-state index in [1.54, 1.807) is 0 Å². The Morgan fingerprint density at radius 2 is 2.21 bits per heavy atom. The van der Waals surface area contributed by atoms with E-state index in [4.69, 9.17) is 4.55 Å². The third kappa shape index (κ3) is 3.99. The molecule has 1 rings (SSSR count). The lowest BCUT2D eigenvalue weighted by atomic mass is 9.98. The highest BCUT2D eigenvalue weighted by Crippen LogP contribution is 2.12. The number of hydrogen-bond acceptors (Lipinski definition) is 4. The van der Waals surface area contributed by atoms with Crippen molar-refractivity contribution in [1.29, 1.82) is 0 Å². The lowest BCUT2D eigenvalue weighted by molar-refractivity contribution is -0.116. The van der Waals surface area contributed by atoms with Crippen LogP contribution in [0.5, 0.6) is 0 Å². The van der Waals surface area contributed by atoms with E-state index in [2.05, 4.69) is 5.32 Å². The van der Waals surface area contributed by atoms with Crippen LogP contribution in [0.3, 0.4) is 0 Å². The molecule has 0 heterocycles. The topological polar surface area (TPSA) is 83.5 Å². The summed E-state index contributed by atoms with van der Waals surface area (Å²) in [5.74, 6) is -0.462. The van der Waals surface area contributed by atoms with Gasteiger partial charge in [0.15, 0.2) is 5.78 Å². The molecule has 0 saturated carbocycles. The minimum atomic E-state index is -3.99. The van der Waals surface area contributed by atoms with Crippen molar-refractivity contribution in [3.8, 4) is 0 Å². The van der Waals surface area contributed by atoms with E-state index >= 15 is 0 Å². The maximum absolute atomic E-state index is 11.2. The minimum Gasteiger partial charge on any atom is -0.297 e. The van der Waals surface area contributed by atoms with Crippen LogP contribution in [0.4, 0.5) is 0 Å². The van der Waals surface area contributed by atoms with Crippen molar-refractivity contribution < 1.29 is 17.8 Å². The van der Waals surface area contributed by atoms with Gasteiger partial charge in [-0.3, -0.25) is 14.7 Å². The van der Waals surface area contributed by atoms with E-state index < -0.39 is 16.0 Å². The molecular weight excluding hydrogens is 206 g/mol. The molecule has 6 heteroatoms. The summed E-state index contributed by atoms with van der Waals surface area (Å²) in [4.78, 5) is 11.2. The largest absolute Gasteiger partial charge is 0.297 e. The summed E-state index contributed by atoms with van der Waals surface area (Å²) in [7, 11) is -3.99. The second-order valence-electron chi connectivity index (χ2n) is 3.20. The predicted octanol–water partition coefficient (Wildman–Crippen LogP) is 0.101. The first-order chi connectivity index (χ1) is 6.49. The number of ketones is 1. The van der Waals surface area contributed by atoms with Crippen molar-refractivity contribution in [3.05, 3.63) is 11.6 Å². The molecule has 5 nitrogen and oxygen atoms in total. The summed E-state index contributed by atoms with van der Waals surface area (Å²) < 4.78 is 29.1. The van der Waals surface area contributed by atoms with Crippen LogP contribution in [0.15, 0.2) is 11.6 Å². The van der Waals surface area contributed by atoms with Crippen molar-refractivity contribution in [2.75, 3.05) is 12.4 Å². The molecule has 0 fully saturated rings. The number of hydrogen-bond donors (Lipinski definition) is 2. The van der Waals surface area contributed by atoms with Crippen molar-refractivity contribution >= 4 is 15.9 Å². The van der Waals surface area contributed by atoms with Gasteiger partial charge in [-0.05, 0) is 12.8 Å². The standard InChI is InChI=1S/C8H13NO4S/c10-8-4-2-1-3-7(8)5-9-6-14(11,12)13/h3,9H,1-2,4-6H2,(H,11,12,13). The molecule has 0 aliphatic heterocycles. The zero-order chi connectivity index (χ0) is 10.6. The zero-order valence-electron chi connectivity index (χ0n) is 7.69. The Kier molecular flexibility index (Phi) is 3.79. The Bertz CT molecular complexity index is 344. The molecule has 0 amide bonds. The van der Waals surface area contributed by atoms with Crippen LogP contribution in [-0.4, -0.2) is 31.2 Å². The summed E-state index contributed by atoms with van der Waals surface area (Å²) in [6.07, 6.45) is 4.05. The van der Waals surface area contributed by atoms with Crippen LogP contribution in [-0.2, 0) is 14.9 Å². The number of rotatable bonds is 4. The molecule has 0 aromatic rings. The summed E-state index contributed by atoms with van der Waals surface area (Å²) in [5.41, 5.74) is 0.611. The number of nitrogens with one attached hydrogen (secondary N) is 1. The first-order valence-electron chi connectivity index (χ1n) is 4.37. The van der Waals surface area contributed by atoms with Crippen LogP contribution in [0.2, 0.25) is 0 Å². The van der Waals surface area contributed by atoms with Crippen molar-refractivity contribution in [2.45, 2.75) is 19.3 Å². The second-order valence-corrected chi connectivity index (χ2v) is 4.65. The van der Waals surface area contributed by atoms with E-state index in [-0.39, 0.29) is 12.3 Å². The highest BCUT2D eigenvalue weighted by Gasteiger charge is 2.13. The molecule has 0 spiro atoms. The van der Waals surface area contributed by atoms with Crippen LogP contribution in [0.25, 0.3) is 0 Å². The van der Waals surface area contributed by atoms with E-state index in [0.29, 0.717) is 12.0 Å². The molecule has 0 bridgehead atoms. The van der Waals surface area contributed by atoms with Gasteiger partial charge in [-0.1, -0.05) is 6.08 Å². The maximum atomic E-state index is 11.2. The van der Waals surface area contributed by atoms with Gasteiger partial charge in [-0.25, -0.2) is 0 Å². The fraction of sp³-hybridized carbons (Fsp3) is 0.625. The van der Waals surface area contributed by atoms with Gasteiger partial charge in [0.2, 0.25) is 0 Å². The molecule has 1 aliphatic carbocycles. The Balaban J connectivity index is 2.38. The Hall–Kier alpha value is -0.720. The third-order valence-corrected chi connectivity index (χ3v) is 2.53. The summed E-state index contributed by atoms with van der Waals surface area (Å²) >= 11 is 0. The molecule has 14 heavy (non-hydrogen) atoms. The van der Waals surface area contributed by atoms with E-state index in [1.165, 1.54) is 0 Å². The molecule has 0 aromatic heterocycles. The maximum Gasteiger partial charge on any atom is 0.278 e. The van der Waals surface area contributed by atoms with Crippen LogP contribution in [0, 0.1) is 0 Å². The van der Waals surface area contributed by atoms with Gasteiger partial charge in [0.1, 0.15) is 5.88 Å². The fourth-order valence-corrected chi connectivity index (χ4v) is 1.66. The van der Waals surface area contributed by atoms with Crippen LogP contribution >= 0.6 is 0 Å². The van der Waals surface area contributed by atoms with Gasteiger partial charge >= 0.3 is 0 Å². The molecule has 0 unspecified atom stereocenters. The predicted molar refractivity (Wildman–Crippen MR) is 51.4 cm³/mol. The third-order valence-electron chi connectivity index (χ3n) is 1.96. The quantitative estimate of drug-likeness (QED) is 0.655. The first kappa shape index (κ1) is 11.4. The van der Waals surface area contributed by atoms with Gasteiger partial charge < -0.3 is 0 Å². The average molecular weight is 219 g/mol. The smallest absolute Gasteiger partial charge is 0.278 e. The monoisotopic (exact) mass is 219 g/mol. The van der Waals surface area contributed by atoms with Crippen LogP contribution < -0.4 is 5.32 Å². The molecule has 0 atom stereocenters. The Morgan fingerprint density at radius 3 is 2.79 bits per heavy atom. The lowest BCUT2D eigenvalue weighted by Gasteiger charge is -2.11. The Morgan fingerprint density at radius 1 is 1.50 bits per heavy atom. The SMILES string of the molecule is O=C1CCCC=C1CNCS(=O)(=O)O. The molecule has 1 aliphatic rings. The minimum absolute atomic E-state index is 0.0547. The van der Waals surface area contributed by atoms with E-state index in [0.717, 1.165) is 12.8 Å². The van der Waals surface area contributed by atoms with Crippen LogP contribution in [0.1, 0.15) is 19.3 Å². The molecule has 2 N–H and O–H groups in total.